The van der Waals surface area contributed by atoms with E-state index in [1.54, 1.807) is 24.3 Å². The molecular weight excluding hydrogens is 417 g/mol. The first-order valence-electron chi connectivity index (χ1n) is 7.60. The number of benzene rings is 2. The van der Waals surface area contributed by atoms with E-state index < -0.39 is 17.7 Å². The molecule has 0 saturated carbocycles. The lowest BCUT2D eigenvalue weighted by atomic mass is 10.1. The second-order valence-electron chi connectivity index (χ2n) is 5.37. The van der Waals surface area contributed by atoms with Gasteiger partial charge in [0.2, 0.25) is 5.89 Å². The van der Waals surface area contributed by atoms with Gasteiger partial charge in [-0.1, -0.05) is 35.9 Å². The Balaban J connectivity index is 1.83. The van der Waals surface area contributed by atoms with Gasteiger partial charge in [0.15, 0.2) is 0 Å². The molecule has 0 aliphatic rings. The van der Waals surface area contributed by atoms with Crippen LogP contribution in [-0.2, 0) is 11.0 Å². The third-order valence-electron chi connectivity index (χ3n) is 3.44. The van der Waals surface area contributed by atoms with Gasteiger partial charge in [-0.2, -0.15) is 13.2 Å². The van der Waals surface area contributed by atoms with Crippen molar-refractivity contribution < 1.29 is 27.5 Å². The van der Waals surface area contributed by atoms with E-state index >= 15 is 0 Å². The standard InChI is InChI=1S/C18H10ClF3N2O3S/c19-13-4-2-1-3-12(13)15-23-24-17(27-15)28-14(16(25)26)9-10-5-7-11(8-6-10)18(20,21)22/h1-9H,(H,25,26)/p-1/b14-9+. The number of halogens is 4. The Kier molecular flexibility index (Phi) is 5.76. The minimum atomic E-state index is -4.48. The predicted octanol–water partition coefficient (Wildman–Crippen LogP) is 4.29. The summed E-state index contributed by atoms with van der Waals surface area (Å²) >= 11 is 6.66. The van der Waals surface area contributed by atoms with Gasteiger partial charge >= 0.3 is 6.18 Å². The fraction of sp³-hybridized carbons (Fsp3) is 0.0556. The molecule has 0 fully saturated rings. The predicted molar refractivity (Wildman–Crippen MR) is 95.0 cm³/mol. The Morgan fingerprint density at radius 3 is 2.39 bits per heavy atom. The van der Waals surface area contributed by atoms with Crippen molar-refractivity contribution in [1.82, 2.24) is 10.2 Å². The monoisotopic (exact) mass is 425 g/mol. The molecule has 0 N–H and O–H groups in total. The zero-order valence-electron chi connectivity index (χ0n) is 13.7. The Morgan fingerprint density at radius 2 is 1.79 bits per heavy atom. The maximum Gasteiger partial charge on any atom is 0.416 e. The number of hydrogen-bond donors (Lipinski definition) is 0. The molecular formula is C18H9ClF3N2O3S-. The second kappa shape index (κ2) is 8.07. The van der Waals surface area contributed by atoms with Crippen LogP contribution < -0.4 is 5.11 Å². The first kappa shape index (κ1) is 20.0. The van der Waals surface area contributed by atoms with E-state index in [1.807, 2.05) is 0 Å². The third kappa shape index (κ3) is 4.73. The van der Waals surface area contributed by atoms with Gasteiger partial charge in [0.1, 0.15) is 0 Å². The summed E-state index contributed by atoms with van der Waals surface area (Å²) < 4.78 is 43.2. The van der Waals surface area contributed by atoms with Crippen molar-refractivity contribution in [2.24, 2.45) is 0 Å². The van der Waals surface area contributed by atoms with Gasteiger partial charge in [0.05, 0.1) is 22.1 Å². The summed E-state index contributed by atoms with van der Waals surface area (Å²) in [5.41, 5.74) is -0.121. The fourth-order valence-electron chi connectivity index (χ4n) is 2.14. The molecule has 2 aromatic carbocycles. The second-order valence-corrected chi connectivity index (χ2v) is 6.77. The summed E-state index contributed by atoms with van der Waals surface area (Å²) in [5.74, 6) is -1.44. The molecule has 0 atom stereocenters. The van der Waals surface area contributed by atoms with Gasteiger partial charge in [0.25, 0.3) is 5.22 Å². The molecule has 0 spiro atoms. The van der Waals surface area contributed by atoms with Crippen molar-refractivity contribution in [2.45, 2.75) is 11.4 Å². The van der Waals surface area contributed by atoms with Crippen LogP contribution in [0.3, 0.4) is 0 Å². The van der Waals surface area contributed by atoms with E-state index in [4.69, 9.17) is 16.0 Å². The maximum atomic E-state index is 12.6. The number of carbonyl (C=O) groups is 1. The molecule has 1 aromatic heterocycles. The highest BCUT2D eigenvalue weighted by Crippen LogP contribution is 2.33. The number of carboxylic acids is 1. The number of hydrogen-bond acceptors (Lipinski definition) is 6. The lowest BCUT2D eigenvalue weighted by Crippen LogP contribution is -2.23. The SMILES string of the molecule is O=C([O-])/C(=C\c1ccc(C(F)(F)F)cc1)Sc1nnc(-c2ccccc2Cl)o1. The molecule has 0 radical (unpaired) electrons. The Bertz CT molecular complexity index is 1030. The average Bonchev–Trinajstić information content (AvgIpc) is 3.09. The molecule has 0 aliphatic heterocycles. The van der Waals surface area contributed by atoms with Crippen molar-refractivity contribution in [1.29, 1.82) is 0 Å². The zero-order chi connectivity index (χ0) is 20.3. The van der Waals surface area contributed by atoms with Crippen molar-refractivity contribution in [3.63, 3.8) is 0 Å². The molecule has 1 heterocycles. The number of nitrogens with zero attached hydrogens (tertiary/aromatic N) is 2. The number of aromatic nitrogens is 2. The van der Waals surface area contributed by atoms with Gasteiger partial charge in [-0.3, -0.25) is 0 Å². The quantitative estimate of drug-likeness (QED) is 0.448. The van der Waals surface area contributed by atoms with Crippen LogP contribution in [0.5, 0.6) is 0 Å². The molecule has 0 saturated heterocycles. The van der Waals surface area contributed by atoms with Gasteiger partial charge in [-0.25, -0.2) is 0 Å². The van der Waals surface area contributed by atoms with Crippen molar-refractivity contribution in [3.8, 4) is 11.5 Å². The van der Waals surface area contributed by atoms with Crippen LogP contribution in [0.2, 0.25) is 5.02 Å². The van der Waals surface area contributed by atoms with Crippen LogP contribution in [-0.4, -0.2) is 16.2 Å². The summed E-state index contributed by atoms with van der Waals surface area (Å²) in [7, 11) is 0. The summed E-state index contributed by atoms with van der Waals surface area (Å²) in [4.78, 5) is 11.1. The molecule has 0 bridgehead atoms. The number of carboxylic acid groups (broad SMARTS) is 1. The van der Waals surface area contributed by atoms with Crippen LogP contribution in [0.4, 0.5) is 13.2 Å². The van der Waals surface area contributed by atoms with E-state index in [-0.39, 0.29) is 21.6 Å². The summed E-state index contributed by atoms with van der Waals surface area (Å²) in [6.45, 7) is 0. The van der Waals surface area contributed by atoms with Gasteiger partial charge < -0.3 is 14.3 Å². The number of alkyl halides is 3. The number of carbonyl (C=O) groups excluding carboxylic acids is 1. The molecule has 3 rings (SSSR count). The van der Waals surface area contributed by atoms with E-state index in [9.17, 15) is 23.1 Å². The van der Waals surface area contributed by atoms with Gasteiger partial charge in [-0.05, 0) is 47.7 Å². The van der Waals surface area contributed by atoms with E-state index in [2.05, 4.69) is 10.2 Å². The first-order valence-corrected chi connectivity index (χ1v) is 8.80. The van der Waals surface area contributed by atoms with Gasteiger partial charge in [-0.15, -0.1) is 10.2 Å². The largest absolute Gasteiger partial charge is 0.544 e. The molecule has 0 unspecified atom stereocenters. The van der Waals surface area contributed by atoms with Crippen molar-refractivity contribution >= 4 is 35.4 Å². The van der Waals surface area contributed by atoms with Crippen LogP contribution >= 0.6 is 23.4 Å². The van der Waals surface area contributed by atoms with Crippen molar-refractivity contribution in [2.75, 3.05) is 0 Å². The fourth-order valence-corrected chi connectivity index (χ4v) is 3.02. The van der Waals surface area contributed by atoms with Crippen LogP contribution in [0.1, 0.15) is 11.1 Å². The first-order chi connectivity index (χ1) is 13.2. The highest BCUT2D eigenvalue weighted by Gasteiger charge is 2.29. The van der Waals surface area contributed by atoms with E-state index in [1.165, 1.54) is 0 Å². The zero-order valence-corrected chi connectivity index (χ0v) is 15.3. The van der Waals surface area contributed by atoms with E-state index in [0.717, 1.165) is 30.3 Å². The summed E-state index contributed by atoms with van der Waals surface area (Å²) in [6, 6.07) is 10.7. The summed E-state index contributed by atoms with van der Waals surface area (Å²) in [6.07, 6.45) is -3.33. The number of rotatable bonds is 5. The highest BCUT2D eigenvalue weighted by atomic mass is 35.5. The molecule has 5 nitrogen and oxygen atoms in total. The smallest absolute Gasteiger partial charge is 0.416 e. The molecule has 10 heteroatoms. The Hall–Kier alpha value is -2.78. The van der Waals surface area contributed by atoms with Crippen LogP contribution in [0.15, 0.2) is 63.1 Å². The molecule has 0 aliphatic carbocycles. The lowest BCUT2D eigenvalue weighted by molar-refractivity contribution is -0.298. The molecule has 0 amide bonds. The molecule has 28 heavy (non-hydrogen) atoms. The Morgan fingerprint density at radius 1 is 1.11 bits per heavy atom. The third-order valence-corrected chi connectivity index (χ3v) is 4.62. The normalized spacial score (nSPS) is 12.2. The van der Waals surface area contributed by atoms with Crippen molar-refractivity contribution in [3.05, 3.63) is 69.6 Å². The number of aliphatic carboxylic acids is 1. The Labute approximate surface area is 165 Å². The van der Waals surface area contributed by atoms with Crippen LogP contribution in [0.25, 0.3) is 17.5 Å². The lowest BCUT2D eigenvalue weighted by Gasteiger charge is -2.08. The maximum absolute atomic E-state index is 12.6. The van der Waals surface area contributed by atoms with E-state index in [0.29, 0.717) is 22.3 Å². The minimum Gasteiger partial charge on any atom is -0.544 e. The molecule has 3 aromatic rings. The highest BCUT2D eigenvalue weighted by molar-refractivity contribution is 8.03. The van der Waals surface area contributed by atoms with Crippen LogP contribution in [0, 0.1) is 0 Å². The average molecular weight is 426 g/mol. The molecule has 144 valence electrons. The summed E-state index contributed by atoms with van der Waals surface area (Å²) in [5, 5.41) is 19.2. The van der Waals surface area contributed by atoms with Gasteiger partial charge in [0, 0.05) is 4.91 Å². The minimum absolute atomic E-state index is 0.0859. The number of thioether (sulfide) groups is 1. The topological polar surface area (TPSA) is 79.0 Å².